The van der Waals surface area contributed by atoms with Gasteiger partial charge in [0.25, 0.3) is 0 Å². The summed E-state index contributed by atoms with van der Waals surface area (Å²) >= 11 is 0. The minimum Gasteiger partial charge on any atom is -0.437 e. The first-order valence-electron chi connectivity index (χ1n) is 8.12. The van der Waals surface area contributed by atoms with Crippen LogP contribution in [0.5, 0.6) is 0 Å². The molecular formula is C14H35O4Si3. The fraction of sp³-hybridized carbons (Fsp3) is 1.00. The van der Waals surface area contributed by atoms with E-state index < -0.39 is 25.9 Å². The minimum atomic E-state index is -2.00. The number of rotatable bonds is 13. The highest BCUT2D eigenvalue weighted by atomic mass is 28.5. The molecule has 0 saturated carbocycles. The predicted octanol–water partition coefficient (Wildman–Crippen LogP) is 3.75. The average Bonchev–Trinajstić information content (AvgIpc) is 2.34. The fourth-order valence-electron chi connectivity index (χ4n) is 2.60. The third kappa shape index (κ3) is 11.7. The Hall–Kier alpha value is 0.491. The van der Waals surface area contributed by atoms with Crippen LogP contribution in [0.15, 0.2) is 0 Å². The Bertz CT molecular complexity index is 265. The van der Waals surface area contributed by atoms with Crippen LogP contribution in [0.3, 0.4) is 0 Å². The molecule has 7 heteroatoms. The van der Waals surface area contributed by atoms with E-state index in [-0.39, 0.29) is 6.61 Å². The molecule has 0 aromatic heterocycles. The topological polar surface area (TPSA) is 47.9 Å². The maximum Gasteiger partial charge on any atom is 0.311 e. The van der Waals surface area contributed by atoms with Gasteiger partial charge >= 0.3 is 8.56 Å². The Labute approximate surface area is 135 Å². The fourth-order valence-corrected chi connectivity index (χ4v) is 14.9. The minimum absolute atomic E-state index is 0.104. The Morgan fingerprint density at radius 1 is 1.00 bits per heavy atom. The van der Waals surface area contributed by atoms with Gasteiger partial charge < -0.3 is 18.1 Å². The lowest BCUT2D eigenvalue weighted by Gasteiger charge is -2.37. The Morgan fingerprint density at radius 2 is 1.62 bits per heavy atom. The first kappa shape index (κ1) is 21.5. The highest BCUT2D eigenvalue weighted by molar-refractivity contribution is 6.85. The summed E-state index contributed by atoms with van der Waals surface area (Å²) in [5.74, 6) is 0. The average molecular weight is 352 g/mol. The van der Waals surface area contributed by atoms with Gasteiger partial charge in [0.1, 0.15) is 0 Å². The predicted molar refractivity (Wildman–Crippen MR) is 95.8 cm³/mol. The first-order chi connectivity index (χ1) is 9.74. The van der Waals surface area contributed by atoms with Crippen molar-refractivity contribution in [3.05, 3.63) is 0 Å². The summed E-state index contributed by atoms with van der Waals surface area (Å²) in [6.45, 7) is 14.6. The van der Waals surface area contributed by atoms with Gasteiger partial charge in [-0.3, -0.25) is 0 Å². The van der Waals surface area contributed by atoms with Crippen LogP contribution in [-0.4, -0.2) is 50.8 Å². The summed E-state index contributed by atoms with van der Waals surface area (Å²) < 4.78 is 18.1. The highest BCUT2D eigenvalue weighted by Crippen LogP contribution is 2.27. The van der Waals surface area contributed by atoms with Gasteiger partial charge in [-0.2, -0.15) is 0 Å². The number of hydrogen-bond acceptors (Lipinski definition) is 4. The molecule has 0 aromatic carbocycles. The molecular weight excluding hydrogens is 316 g/mol. The van der Waals surface area contributed by atoms with E-state index >= 15 is 0 Å². The number of unbranched alkanes of at least 4 members (excludes halogenated alkanes) is 1. The number of aliphatic hydroxyl groups is 1. The molecule has 0 aliphatic heterocycles. The lowest BCUT2D eigenvalue weighted by molar-refractivity contribution is 0.0923. The lowest BCUT2D eigenvalue weighted by Crippen LogP contribution is -2.50. The molecule has 0 saturated heterocycles. The highest BCUT2D eigenvalue weighted by Gasteiger charge is 2.37. The zero-order valence-corrected chi connectivity index (χ0v) is 17.8. The van der Waals surface area contributed by atoms with E-state index in [1.54, 1.807) is 0 Å². The summed E-state index contributed by atoms with van der Waals surface area (Å²) in [5, 5.41) is 8.73. The van der Waals surface area contributed by atoms with Crippen molar-refractivity contribution in [2.24, 2.45) is 0 Å². The summed E-state index contributed by atoms with van der Waals surface area (Å²) in [4.78, 5) is 0. The molecule has 1 radical (unpaired) electrons. The van der Waals surface area contributed by atoms with E-state index in [9.17, 15) is 0 Å². The maximum absolute atomic E-state index is 8.73. The zero-order chi connectivity index (χ0) is 16.4. The van der Waals surface area contributed by atoms with Gasteiger partial charge in [0, 0.05) is 6.61 Å². The molecule has 1 unspecified atom stereocenters. The summed E-state index contributed by atoms with van der Waals surface area (Å²) in [6, 6.07) is 2.33. The largest absolute Gasteiger partial charge is 0.437 e. The standard InChI is InChI=1S/C14H35O4Si3/c1-7-8-13-21(6,14-9-11-16-12-10-15)18-20(4,5)17-19(2)3/h15H,7-14H2,1-6H3. The number of ether oxygens (including phenoxy) is 1. The second kappa shape index (κ2) is 11.1. The van der Waals surface area contributed by atoms with Crippen molar-refractivity contribution < 1.29 is 18.1 Å². The van der Waals surface area contributed by atoms with Crippen LogP contribution in [0.2, 0.25) is 44.8 Å². The number of hydrogen-bond donors (Lipinski definition) is 1. The van der Waals surface area contributed by atoms with Crippen molar-refractivity contribution in [2.75, 3.05) is 19.8 Å². The molecule has 0 heterocycles. The Balaban J connectivity index is 4.44. The van der Waals surface area contributed by atoms with Crippen molar-refractivity contribution in [3.8, 4) is 0 Å². The van der Waals surface area contributed by atoms with Gasteiger partial charge in [0.05, 0.1) is 13.2 Å². The van der Waals surface area contributed by atoms with Gasteiger partial charge in [-0.1, -0.05) is 19.8 Å². The summed E-state index contributed by atoms with van der Waals surface area (Å²) in [7, 11) is -4.43. The van der Waals surface area contributed by atoms with Crippen LogP contribution in [0.25, 0.3) is 0 Å². The molecule has 0 aliphatic carbocycles. The molecule has 21 heavy (non-hydrogen) atoms. The van der Waals surface area contributed by atoms with Crippen molar-refractivity contribution in [1.29, 1.82) is 0 Å². The van der Waals surface area contributed by atoms with E-state index in [1.165, 1.54) is 18.9 Å². The second-order valence-corrected chi connectivity index (χ2v) is 16.7. The molecule has 0 rings (SSSR count). The van der Waals surface area contributed by atoms with Crippen LogP contribution >= 0.6 is 0 Å². The van der Waals surface area contributed by atoms with E-state index in [2.05, 4.69) is 39.7 Å². The Morgan fingerprint density at radius 3 is 2.14 bits per heavy atom. The molecule has 1 N–H and O–H groups in total. The van der Waals surface area contributed by atoms with Crippen LogP contribution in [0.4, 0.5) is 0 Å². The molecule has 0 spiro atoms. The van der Waals surface area contributed by atoms with E-state index in [1.807, 2.05) is 0 Å². The molecule has 0 aromatic rings. The normalized spacial score (nSPS) is 15.4. The summed E-state index contributed by atoms with van der Waals surface area (Å²) in [6.07, 6.45) is 3.47. The summed E-state index contributed by atoms with van der Waals surface area (Å²) in [5.41, 5.74) is 0. The van der Waals surface area contributed by atoms with Crippen LogP contribution in [0, 0.1) is 0 Å². The SMILES string of the molecule is CCCC[Si](C)(CCCOCCO)O[Si](C)(C)O[Si](C)C. The molecule has 4 nitrogen and oxygen atoms in total. The maximum atomic E-state index is 8.73. The Kier molecular flexibility index (Phi) is 11.4. The van der Waals surface area contributed by atoms with Gasteiger partial charge in [-0.05, 0) is 51.2 Å². The quantitative estimate of drug-likeness (QED) is 0.405. The van der Waals surface area contributed by atoms with E-state index in [0.717, 1.165) is 19.1 Å². The van der Waals surface area contributed by atoms with Crippen molar-refractivity contribution in [3.63, 3.8) is 0 Å². The third-order valence-corrected chi connectivity index (χ3v) is 13.6. The van der Waals surface area contributed by atoms with Crippen molar-refractivity contribution in [1.82, 2.24) is 0 Å². The van der Waals surface area contributed by atoms with Crippen molar-refractivity contribution >= 4 is 25.9 Å². The van der Waals surface area contributed by atoms with Gasteiger partial charge in [0.15, 0.2) is 17.4 Å². The number of aliphatic hydroxyl groups excluding tert-OH is 1. The third-order valence-electron chi connectivity index (χ3n) is 3.23. The first-order valence-corrected chi connectivity index (χ1v) is 16.2. The van der Waals surface area contributed by atoms with Crippen LogP contribution in [0.1, 0.15) is 26.2 Å². The van der Waals surface area contributed by atoms with Crippen molar-refractivity contribution in [2.45, 2.75) is 71.0 Å². The second-order valence-electron chi connectivity index (χ2n) is 6.51. The molecule has 1 atom stereocenters. The zero-order valence-electron chi connectivity index (χ0n) is 14.8. The molecule has 0 amide bonds. The molecule has 0 aliphatic rings. The van der Waals surface area contributed by atoms with E-state index in [4.69, 9.17) is 18.1 Å². The smallest absolute Gasteiger partial charge is 0.311 e. The monoisotopic (exact) mass is 351 g/mol. The van der Waals surface area contributed by atoms with Crippen LogP contribution in [-0.2, 0) is 13.0 Å². The molecule has 127 valence electrons. The van der Waals surface area contributed by atoms with Crippen LogP contribution < -0.4 is 0 Å². The van der Waals surface area contributed by atoms with Gasteiger partial charge in [-0.15, -0.1) is 0 Å². The van der Waals surface area contributed by atoms with Gasteiger partial charge in [0.2, 0.25) is 0 Å². The molecule has 0 fully saturated rings. The lowest BCUT2D eigenvalue weighted by atomic mass is 10.4. The molecule has 0 bridgehead atoms. The van der Waals surface area contributed by atoms with Gasteiger partial charge in [-0.25, -0.2) is 0 Å². The van der Waals surface area contributed by atoms with E-state index in [0.29, 0.717) is 6.61 Å².